The van der Waals surface area contributed by atoms with Gasteiger partial charge in [0.1, 0.15) is 11.5 Å². The summed E-state index contributed by atoms with van der Waals surface area (Å²) in [5.74, 6) is -1.09. The smallest absolute Gasteiger partial charge is 0.312 e. The molecular weight excluding hydrogens is 246 g/mol. The Balaban J connectivity index is 3.35. The highest BCUT2D eigenvalue weighted by atomic mass is 35.5. The fourth-order valence-corrected chi connectivity index (χ4v) is 1.87. The van der Waals surface area contributed by atoms with Crippen LogP contribution in [-0.4, -0.2) is 31.8 Å². The number of nitrogens with two attached hydrogens (primary N) is 1. The van der Waals surface area contributed by atoms with Gasteiger partial charge in [0, 0.05) is 18.2 Å². The van der Waals surface area contributed by atoms with Crippen LogP contribution in [0.25, 0.3) is 0 Å². The van der Waals surface area contributed by atoms with E-state index in [1.165, 1.54) is 20.3 Å². The van der Waals surface area contributed by atoms with Crippen molar-refractivity contribution >= 4 is 17.6 Å². The molecule has 0 amide bonds. The van der Waals surface area contributed by atoms with E-state index in [1.807, 2.05) is 0 Å². The molecule has 1 aromatic rings. The van der Waals surface area contributed by atoms with Crippen LogP contribution in [0.1, 0.15) is 11.5 Å². The third kappa shape index (κ3) is 2.81. The summed E-state index contributed by atoms with van der Waals surface area (Å²) in [4.78, 5) is 11.1. The normalized spacial score (nSPS) is 12.0. The average molecular weight is 260 g/mol. The van der Waals surface area contributed by atoms with Gasteiger partial charge in [-0.15, -0.1) is 0 Å². The maximum atomic E-state index is 11.1. The van der Waals surface area contributed by atoms with E-state index >= 15 is 0 Å². The summed E-state index contributed by atoms with van der Waals surface area (Å²) >= 11 is 6.03. The molecular formula is C11H14ClNO4. The first-order valence-corrected chi connectivity index (χ1v) is 5.27. The van der Waals surface area contributed by atoms with Gasteiger partial charge in [0.15, 0.2) is 0 Å². The molecule has 5 nitrogen and oxygen atoms in total. The maximum absolute atomic E-state index is 11.1. The molecule has 0 aromatic heterocycles. The topological polar surface area (TPSA) is 81.8 Å². The zero-order valence-corrected chi connectivity index (χ0v) is 10.3. The predicted octanol–water partition coefficient (Wildman–Crippen LogP) is 1.48. The SMILES string of the molecule is COc1cc(Cl)c(C(CN)C(=O)O)c(OC)c1. The number of ether oxygens (including phenoxy) is 2. The zero-order chi connectivity index (χ0) is 13.0. The van der Waals surface area contributed by atoms with Gasteiger partial charge in [-0.3, -0.25) is 4.79 Å². The van der Waals surface area contributed by atoms with Crippen molar-refractivity contribution in [2.24, 2.45) is 5.73 Å². The fraction of sp³-hybridized carbons (Fsp3) is 0.364. The van der Waals surface area contributed by atoms with Crippen LogP contribution in [0.2, 0.25) is 5.02 Å². The molecule has 17 heavy (non-hydrogen) atoms. The molecule has 0 radical (unpaired) electrons. The van der Waals surface area contributed by atoms with Crippen LogP contribution in [0, 0.1) is 0 Å². The van der Waals surface area contributed by atoms with Crippen molar-refractivity contribution in [3.05, 3.63) is 22.7 Å². The Morgan fingerprint density at radius 2 is 2.12 bits per heavy atom. The minimum absolute atomic E-state index is 0.0578. The van der Waals surface area contributed by atoms with Crippen LogP contribution in [0.15, 0.2) is 12.1 Å². The van der Waals surface area contributed by atoms with E-state index in [0.717, 1.165) is 0 Å². The molecule has 0 fully saturated rings. The number of carboxylic acid groups (broad SMARTS) is 1. The van der Waals surface area contributed by atoms with E-state index in [1.54, 1.807) is 6.07 Å². The Morgan fingerprint density at radius 1 is 1.47 bits per heavy atom. The lowest BCUT2D eigenvalue weighted by atomic mass is 9.98. The number of benzene rings is 1. The Kier molecular flexibility index (Phi) is 4.60. The van der Waals surface area contributed by atoms with Gasteiger partial charge in [0.25, 0.3) is 0 Å². The van der Waals surface area contributed by atoms with Crippen molar-refractivity contribution < 1.29 is 19.4 Å². The van der Waals surface area contributed by atoms with Gasteiger partial charge in [0.2, 0.25) is 0 Å². The molecule has 3 N–H and O–H groups in total. The molecule has 0 bridgehead atoms. The van der Waals surface area contributed by atoms with Crippen LogP contribution < -0.4 is 15.2 Å². The van der Waals surface area contributed by atoms with E-state index in [0.29, 0.717) is 17.1 Å². The molecule has 0 aliphatic rings. The second-order valence-electron chi connectivity index (χ2n) is 3.35. The highest BCUT2D eigenvalue weighted by Crippen LogP contribution is 2.37. The lowest BCUT2D eigenvalue weighted by Gasteiger charge is -2.17. The van der Waals surface area contributed by atoms with Crippen LogP contribution in [0.4, 0.5) is 0 Å². The number of carboxylic acids is 1. The van der Waals surface area contributed by atoms with E-state index < -0.39 is 11.9 Å². The average Bonchev–Trinajstić information content (AvgIpc) is 2.31. The molecule has 1 unspecified atom stereocenters. The standard InChI is InChI=1S/C11H14ClNO4/c1-16-6-3-8(12)10(9(4-6)17-2)7(5-13)11(14)15/h3-4,7H,5,13H2,1-2H3,(H,14,15). The molecule has 0 aliphatic carbocycles. The van der Waals surface area contributed by atoms with Crippen LogP contribution >= 0.6 is 11.6 Å². The fourth-order valence-electron chi connectivity index (χ4n) is 1.54. The molecule has 0 spiro atoms. The van der Waals surface area contributed by atoms with E-state index in [-0.39, 0.29) is 11.6 Å². The van der Waals surface area contributed by atoms with Gasteiger partial charge in [-0.25, -0.2) is 0 Å². The van der Waals surface area contributed by atoms with Gasteiger partial charge in [-0.2, -0.15) is 0 Å². The molecule has 1 rings (SSSR count). The van der Waals surface area contributed by atoms with Gasteiger partial charge >= 0.3 is 5.97 Å². The second-order valence-corrected chi connectivity index (χ2v) is 3.76. The van der Waals surface area contributed by atoms with Crippen molar-refractivity contribution in [2.75, 3.05) is 20.8 Å². The molecule has 0 aliphatic heterocycles. The van der Waals surface area contributed by atoms with Crippen LogP contribution in [0.3, 0.4) is 0 Å². The van der Waals surface area contributed by atoms with E-state index in [4.69, 9.17) is 31.9 Å². The number of methoxy groups -OCH3 is 2. The van der Waals surface area contributed by atoms with Crippen molar-refractivity contribution in [1.82, 2.24) is 0 Å². The number of hydrogen-bond acceptors (Lipinski definition) is 4. The summed E-state index contributed by atoms with van der Waals surface area (Å²) in [6.07, 6.45) is 0. The number of rotatable bonds is 5. The van der Waals surface area contributed by atoms with E-state index in [9.17, 15) is 4.79 Å². The molecule has 6 heteroatoms. The third-order valence-corrected chi connectivity index (χ3v) is 2.72. The van der Waals surface area contributed by atoms with Gasteiger partial charge in [0.05, 0.1) is 25.2 Å². The van der Waals surface area contributed by atoms with Crippen LogP contribution in [0.5, 0.6) is 11.5 Å². The molecule has 1 aromatic carbocycles. The van der Waals surface area contributed by atoms with Crippen molar-refractivity contribution in [1.29, 1.82) is 0 Å². The molecule has 0 heterocycles. The highest BCUT2D eigenvalue weighted by molar-refractivity contribution is 6.32. The van der Waals surface area contributed by atoms with Crippen molar-refractivity contribution in [3.63, 3.8) is 0 Å². The Bertz CT molecular complexity index is 422. The first kappa shape index (κ1) is 13.6. The largest absolute Gasteiger partial charge is 0.497 e. The van der Waals surface area contributed by atoms with Gasteiger partial charge in [-0.1, -0.05) is 11.6 Å². The number of hydrogen-bond donors (Lipinski definition) is 2. The monoisotopic (exact) mass is 259 g/mol. The summed E-state index contributed by atoms with van der Waals surface area (Å²) in [5.41, 5.74) is 5.81. The first-order chi connectivity index (χ1) is 8.04. The molecule has 0 saturated heterocycles. The van der Waals surface area contributed by atoms with Crippen LogP contribution in [-0.2, 0) is 4.79 Å². The Labute approximate surface area is 104 Å². The number of halogens is 1. The van der Waals surface area contributed by atoms with Crippen molar-refractivity contribution in [2.45, 2.75) is 5.92 Å². The predicted molar refractivity (Wildman–Crippen MR) is 64.0 cm³/mol. The maximum Gasteiger partial charge on any atom is 0.312 e. The summed E-state index contributed by atoms with van der Waals surface area (Å²) in [6, 6.07) is 3.11. The summed E-state index contributed by atoms with van der Waals surface area (Å²) in [6.45, 7) is -0.0578. The lowest BCUT2D eigenvalue weighted by molar-refractivity contribution is -0.138. The lowest BCUT2D eigenvalue weighted by Crippen LogP contribution is -2.22. The van der Waals surface area contributed by atoms with Gasteiger partial charge < -0.3 is 20.3 Å². The van der Waals surface area contributed by atoms with E-state index in [2.05, 4.69) is 0 Å². The Morgan fingerprint density at radius 3 is 2.53 bits per heavy atom. The van der Waals surface area contributed by atoms with Gasteiger partial charge in [-0.05, 0) is 6.07 Å². The second kappa shape index (κ2) is 5.75. The number of aliphatic carboxylic acids is 1. The zero-order valence-electron chi connectivity index (χ0n) is 9.57. The van der Waals surface area contributed by atoms with Crippen molar-refractivity contribution in [3.8, 4) is 11.5 Å². The third-order valence-electron chi connectivity index (χ3n) is 2.40. The minimum atomic E-state index is -1.04. The summed E-state index contributed by atoms with van der Waals surface area (Å²) in [5, 5.41) is 9.34. The number of carbonyl (C=O) groups is 1. The minimum Gasteiger partial charge on any atom is -0.497 e. The highest BCUT2D eigenvalue weighted by Gasteiger charge is 2.25. The molecule has 94 valence electrons. The molecule has 1 atom stereocenters. The Hall–Kier alpha value is -1.46. The quantitative estimate of drug-likeness (QED) is 0.837. The first-order valence-electron chi connectivity index (χ1n) is 4.89. The summed E-state index contributed by atoms with van der Waals surface area (Å²) < 4.78 is 10.1. The molecule has 0 saturated carbocycles. The summed E-state index contributed by atoms with van der Waals surface area (Å²) in [7, 11) is 2.92.